The monoisotopic (exact) mass is 215 g/mol. The van der Waals surface area contributed by atoms with Gasteiger partial charge in [0, 0.05) is 13.1 Å². The Morgan fingerprint density at radius 3 is 2.14 bits per heavy atom. The largest absolute Gasteiger partial charge is 0.477 e. The highest BCUT2D eigenvalue weighted by molar-refractivity contribution is 5.75. The van der Waals surface area contributed by atoms with Crippen molar-refractivity contribution in [2.45, 2.75) is 18.3 Å². The van der Waals surface area contributed by atoms with Crippen molar-refractivity contribution in [1.82, 2.24) is 4.90 Å². The third kappa shape index (κ3) is 2.34. The molecule has 0 spiro atoms. The fraction of sp³-hybridized carbons (Fsp3) is 0.857. The summed E-state index contributed by atoms with van der Waals surface area (Å²) >= 11 is 0. The molecule has 7 heteroatoms. The van der Waals surface area contributed by atoms with Crippen LogP contribution >= 0.6 is 0 Å². The number of likely N-dealkylation sites (tertiary alicyclic amines) is 1. The molecule has 0 aromatic rings. The average Bonchev–Trinajstić information content (AvgIpc) is 2.29. The van der Waals surface area contributed by atoms with Gasteiger partial charge in [-0.2, -0.15) is 8.78 Å². The number of halogens is 4. The van der Waals surface area contributed by atoms with Crippen molar-refractivity contribution in [2.24, 2.45) is 0 Å². The first-order valence-corrected chi connectivity index (χ1v) is 3.94. The fourth-order valence-electron chi connectivity index (χ4n) is 1.27. The van der Waals surface area contributed by atoms with Gasteiger partial charge in [0.25, 0.3) is 0 Å². The first-order valence-electron chi connectivity index (χ1n) is 3.94. The van der Waals surface area contributed by atoms with Gasteiger partial charge in [0.15, 0.2) is 0 Å². The standard InChI is InChI=1S/C7H9F4NO2/c8-4-1-12(2-5(4)9)3-7(10,11)6(13)14/h4-5H,1-3H2,(H,13,14)/t4-,5+. The molecule has 1 saturated heterocycles. The van der Waals surface area contributed by atoms with Crippen LogP contribution in [0.2, 0.25) is 0 Å². The Kier molecular flexibility index (Phi) is 2.98. The van der Waals surface area contributed by atoms with Crippen LogP contribution in [0.15, 0.2) is 0 Å². The van der Waals surface area contributed by atoms with E-state index in [9.17, 15) is 22.4 Å². The van der Waals surface area contributed by atoms with E-state index >= 15 is 0 Å². The normalized spacial score (nSPS) is 29.4. The number of carbonyl (C=O) groups is 1. The molecule has 0 unspecified atom stereocenters. The minimum atomic E-state index is -3.95. The predicted octanol–water partition coefficient (Wildman–Crippen LogP) is 0.698. The Morgan fingerprint density at radius 1 is 1.36 bits per heavy atom. The van der Waals surface area contributed by atoms with E-state index in [4.69, 9.17) is 5.11 Å². The fourth-order valence-corrected chi connectivity index (χ4v) is 1.27. The van der Waals surface area contributed by atoms with Gasteiger partial charge in [-0.25, -0.2) is 13.6 Å². The second kappa shape index (κ2) is 3.72. The molecule has 0 bridgehead atoms. The van der Waals surface area contributed by atoms with Gasteiger partial charge in [-0.15, -0.1) is 0 Å². The molecule has 1 aliphatic heterocycles. The Hall–Kier alpha value is -0.850. The van der Waals surface area contributed by atoms with E-state index < -0.39 is 43.9 Å². The quantitative estimate of drug-likeness (QED) is 0.704. The number of carboxylic acids is 1. The Labute approximate surface area is 77.3 Å². The van der Waals surface area contributed by atoms with Crippen LogP contribution in [-0.2, 0) is 4.79 Å². The topological polar surface area (TPSA) is 40.5 Å². The summed E-state index contributed by atoms with van der Waals surface area (Å²) in [5.41, 5.74) is 0. The molecule has 82 valence electrons. The van der Waals surface area contributed by atoms with Crippen molar-refractivity contribution < 1.29 is 27.5 Å². The van der Waals surface area contributed by atoms with Crippen LogP contribution < -0.4 is 0 Å². The zero-order chi connectivity index (χ0) is 10.9. The van der Waals surface area contributed by atoms with Gasteiger partial charge >= 0.3 is 11.9 Å². The van der Waals surface area contributed by atoms with Gasteiger partial charge < -0.3 is 5.11 Å². The molecular formula is C7H9F4NO2. The summed E-state index contributed by atoms with van der Waals surface area (Å²) in [6.45, 7) is -2.11. The second-order valence-corrected chi connectivity index (χ2v) is 3.24. The molecule has 0 radical (unpaired) electrons. The summed E-state index contributed by atoms with van der Waals surface area (Å²) in [4.78, 5) is 10.8. The van der Waals surface area contributed by atoms with Crippen molar-refractivity contribution in [3.05, 3.63) is 0 Å². The van der Waals surface area contributed by atoms with Crippen LogP contribution in [0.25, 0.3) is 0 Å². The number of aliphatic carboxylic acids is 1. The van der Waals surface area contributed by atoms with Gasteiger partial charge in [0.1, 0.15) is 12.3 Å². The molecule has 14 heavy (non-hydrogen) atoms. The van der Waals surface area contributed by atoms with Crippen LogP contribution in [0.3, 0.4) is 0 Å². The van der Waals surface area contributed by atoms with E-state index in [0.29, 0.717) is 0 Å². The molecule has 3 nitrogen and oxygen atoms in total. The van der Waals surface area contributed by atoms with Crippen LogP contribution in [-0.4, -0.2) is 53.9 Å². The molecule has 0 saturated carbocycles. The zero-order valence-corrected chi connectivity index (χ0v) is 7.09. The van der Waals surface area contributed by atoms with Crippen LogP contribution in [0.1, 0.15) is 0 Å². The maximum atomic E-state index is 12.6. The molecule has 1 heterocycles. The smallest absolute Gasteiger partial charge is 0.375 e. The van der Waals surface area contributed by atoms with Gasteiger partial charge in [-0.1, -0.05) is 0 Å². The summed E-state index contributed by atoms with van der Waals surface area (Å²) in [6.07, 6.45) is -3.61. The molecule has 0 aromatic heterocycles. The van der Waals surface area contributed by atoms with Crippen LogP contribution in [0.4, 0.5) is 17.6 Å². The predicted molar refractivity (Wildman–Crippen MR) is 38.8 cm³/mol. The Balaban J connectivity index is 2.50. The molecular weight excluding hydrogens is 206 g/mol. The van der Waals surface area contributed by atoms with E-state index in [1.165, 1.54) is 0 Å². The summed E-state index contributed by atoms with van der Waals surface area (Å²) in [6, 6.07) is 0. The van der Waals surface area contributed by atoms with E-state index in [1.807, 2.05) is 0 Å². The first kappa shape index (κ1) is 11.2. The van der Waals surface area contributed by atoms with E-state index in [2.05, 4.69) is 0 Å². The lowest BCUT2D eigenvalue weighted by molar-refractivity contribution is -0.167. The molecule has 1 N–H and O–H groups in total. The molecule has 1 fully saturated rings. The van der Waals surface area contributed by atoms with Crippen molar-refractivity contribution in [2.75, 3.05) is 19.6 Å². The lowest BCUT2D eigenvalue weighted by atomic mass is 10.3. The van der Waals surface area contributed by atoms with Gasteiger partial charge in [-0.3, -0.25) is 4.90 Å². The van der Waals surface area contributed by atoms with E-state index in [0.717, 1.165) is 4.90 Å². The maximum Gasteiger partial charge on any atom is 0.375 e. The van der Waals surface area contributed by atoms with Gasteiger partial charge in [0.2, 0.25) is 0 Å². The number of nitrogens with zero attached hydrogens (tertiary/aromatic N) is 1. The minimum Gasteiger partial charge on any atom is -0.477 e. The summed E-state index contributed by atoms with van der Waals surface area (Å²) < 4.78 is 50.2. The highest BCUT2D eigenvalue weighted by Gasteiger charge is 2.44. The average molecular weight is 215 g/mol. The third-order valence-electron chi connectivity index (χ3n) is 1.99. The van der Waals surface area contributed by atoms with E-state index in [1.54, 1.807) is 0 Å². The lowest BCUT2D eigenvalue weighted by Gasteiger charge is -2.19. The first-order chi connectivity index (χ1) is 6.33. The highest BCUT2D eigenvalue weighted by atomic mass is 19.3. The second-order valence-electron chi connectivity index (χ2n) is 3.24. The van der Waals surface area contributed by atoms with Crippen LogP contribution in [0, 0.1) is 0 Å². The third-order valence-corrected chi connectivity index (χ3v) is 1.99. The Bertz CT molecular complexity index is 226. The maximum absolute atomic E-state index is 12.6. The minimum absolute atomic E-state index is 0.482. The summed E-state index contributed by atoms with van der Waals surface area (Å²) in [5, 5.41) is 8.07. The number of hydrogen-bond acceptors (Lipinski definition) is 2. The van der Waals surface area contributed by atoms with Crippen molar-refractivity contribution in [1.29, 1.82) is 0 Å². The Morgan fingerprint density at radius 2 is 1.79 bits per heavy atom. The van der Waals surface area contributed by atoms with Crippen molar-refractivity contribution in [3.63, 3.8) is 0 Å². The summed E-state index contributed by atoms with van der Waals surface area (Å²) in [5.74, 6) is -6.24. The number of alkyl halides is 4. The molecule has 1 aliphatic rings. The number of rotatable bonds is 3. The molecule has 1 rings (SSSR count). The molecule has 2 atom stereocenters. The van der Waals surface area contributed by atoms with Crippen LogP contribution in [0.5, 0.6) is 0 Å². The zero-order valence-electron chi connectivity index (χ0n) is 7.09. The van der Waals surface area contributed by atoms with E-state index in [-0.39, 0.29) is 0 Å². The van der Waals surface area contributed by atoms with Crippen molar-refractivity contribution >= 4 is 5.97 Å². The number of carboxylic acid groups (broad SMARTS) is 1. The molecule has 0 aromatic carbocycles. The number of hydrogen-bond donors (Lipinski definition) is 1. The van der Waals surface area contributed by atoms with Gasteiger partial charge in [-0.05, 0) is 0 Å². The molecule has 0 aliphatic carbocycles. The lowest BCUT2D eigenvalue weighted by Crippen LogP contribution is -2.41. The van der Waals surface area contributed by atoms with Gasteiger partial charge in [0.05, 0.1) is 6.54 Å². The summed E-state index contributed by atoms with van der Waals surface area (Å²) in [7, 11) is 0. The highest BCUT2D eigenvalue weighted by Crippen LogP contribution is 2.22. The van der Waals surface area contributed by atoms with Crippen molar-refractivity contribution in [3.8, 4) is 0 Å². The molecule has 0 amide bonds. The SMILES string of the molecule is O=C(O)C(F)(F)CN1C[C@@H](F)[C@@H](F)C1.